The molecule has 1 aromatic carbocycles. The number of thiazole rings is 1. The molecule has 0 aliphatic carbocycles. The van der Waals surface area contributed by atoms with Crippen LogP contribution in [0.3, 0.4) is 0 Å². The van der Waals surface area contributed by atoms with Gasteiger partial charge in [0.2, 0.25) is 17.5 Å². The average molecular weight is 954 g/mol. The van der Waals surface area contributed by atoms with Gasteiger partial charge in [-0.3, -0.25) is 24.4 Å². The molecule has 0 unspecified atom stereocenters. The Hall–Kier alpha value is -5.69. The Labute approximate surface area is 402 Å². The van der Waals surface area contributed by atoms with Gasteiger partial charge in [-0.25, -0.2) is 14.6 Å². The summed E-state index contributed by atoms with van der Waals surface area (Å²) in [4.78, 5) is 84.5. The lowest BCUT2D eigenvalue weighted by molar-refractivity contribution is -0.189. The molecule has 6 atom stereocenters. The number of carbonyl (C=O) groups is 5. The molecule has 3 aromatic rings. The number of aromatic nitrogens is 2. The van der Waals surface area contributed by atoms with Gasteiger partial charge in [0.15, 0.2) is 0 Å². The Morgan fingerprint density at radius 2 is 1.87 bits per heavy atom. The minimum absolute atomic E-state index is 0.0219. The Kier molecular flexibility index (Phi) is 14.8. The molecule has 7 rings (SSSR count). The van der Waals surface area contributed by atoms with E-state index in [1.54, 1.807) is 30.2 Å². The Morgan fingerprint density at radius 1 is 1.15 bits per heavy atom. The summed E-state index contributed by atoms with van der Waals surface area (Å²) in [5.41, 5.74) is 5.79. The largest absolute Gasteiger partial charge is 0.462 e. The Morgan fingerprint density at radius 3 is 2.50 bits per heavy atom. The molecular weight excluding hydrogens is 887 g/mol. The number of nitrogens with zero attached hydrogens (tertiary/aromatic N) is 7. The lowest BCUT2D eigenvalue weighted by Gasteiger charge is -2.41. The number of aliphatic hydroxyl groups is 1. The number of fused-ring (bicyclic) bond motifs is 8. The van der Waals surface area contributed by atoms with E-state index in [4.69, 9.17) is 19.5 Å². The number of urea groups is 1. The van der Waals surface area contributed by atoms with E-state index in [1.165, 1.54) is 27.3 Å². The second-order valence-electron chi connectivity index (χ2n) is 19.4. The molecule has 6 heterocycles. The molecule has 0 radical (unpaired) electrons. The maximum absolute atomic E-state index is 14.7. The van der Waals surface area contributed by atoms with Crippen molar-refractivity contribution in [3.63, 3.8) is 0 Å². The van der Waals surface area contributed by atoms with E-state index in [0.29, 0.717) is 48.9 Å². The number of rotatable bonds is 11. The van der Waals surface area contributed by atoms with E-state index in [9.17, 15) is 29.1 Å². The molecule has 0 spiro atoms. The second-order valence-corrected chi connectivity index (χ2v) is 20.4. The van der Waals surface area contributed by atoms with Crippen LogP contribution in [0.25, 0.3) is 27.7 Å². The number of aryl methyl sites for hydroxylation is 1. The van der Waals surface area contributed by atoms with Crippen molar-refractivity contribution in [2.75, 3.05) is 40.4 Å². The van der Waals surface area contributed by atoms with Crippen molar-refractivity contribution >= 4 is 63.7 Å². The maximum atomic E-state index is 14.7. The number of cyclic esters (lactones) is 1. The molecule has 5 amide bonds. The summed E-state index contributed by atoms with van der Waals surface area (Å²) in [6.45, 7) is 22.8. The summed E-state index contributed by atoms with van der Waals surface area (Å²) in [6, 6.07) is 3.34. The highest BCUT2D eigenvalue weighted by atomic mass is 32.1. The quantitative estimate of drug-likeness (QED) is 0.0982. The molecule has 3 fully saturated rings. The number of hydrogen-bond acceptors (Lipinski definition) is 12. The molecule has 3 N–H and O–H groups in total. The summed E-state index contributed by atoms with van der Waals surface area (Å²) < 4.78 is 14.0. The zero-order valence-corrected chi connectivity index (χ0v) is 41.7. The van der Waals surface area contributed by atoms with Crippen LogP contribution in [0.4, 0.5) is 4.79 Å². The molecular formula is C50H67N9O8S. The minimum atomic E-state index is -2.24. The molecule has 17 nitrogen and oxygen atoms in total. The summed E-state index contributed by atoms with van der Waals surface area (Å²) in [7, 11) is 3.22. The molecule has 3 saturated heterocycles. The number of esters is 1. The van der Waals surface area contributed by atoms with Crippen molar-refractivity contribution < 1.29 is 38.6 Å². The molecule has 2 aromatic heterocycles. The van der Waals surface area contributed by atoms with Gasteiger partial charge in [-0.05, 0) is 69.7 Å². The smallest absolute Gasteiger partial charge is 0.355 e. The van der Waals surface area contributed by atoms with Crippen LogP contribution < -0.4 is 10.7 Å². The third kappa shape index (κ3) is 9.65. The number of ether oxygens (including phenoxy) is 2. The van der Waals surface area contributed by atoms with Crippen molar-refractivity contribution in [2.24, 2.45) is 16.3 Å². The second kappa shape index (κ2) is 20.1. The Bertz CT molecular complexity index is 2540. The van der Waals surface area contributed by atoms with E-state index in [-0.39, 0.29) is 68.5 Å². The zero-order chi connectivity index (χ0) is 49.4. The molecule has 4 aliphatic heterocycles. The number of likely N-dealkylation sites (N-methyl/N-ethyl adjacent to an activating group) is 1. The van der Waals surface area contributed by atoms with Gasteiger partial charge < -0.3 is 39.2 Å². The van der Waals surface area contributed by atoms with Crippen molar-refractivity contribution in [2.45, 2.75) is 123 Å². The van der Waals surface area contributed by atoms with Crippen molar-refractivity contribution in [1.82, 2.24) is 40.0 Å². The summed E-state index contributed by atoms with van der Waals surface area (Å²) in [5.74, 6) is -2.61. The number of allylic oxidation sites excluding steroid dienone is 2. The molecule has 0 saturated carbocycles. The average Bonchev–Trinajstić information content (AvgIpc) is 4.12. The molecule has 8 bridgehead atoms. The van der Waals surface area contributed by atoms with Gasteiger partial charge in [-0.2, -0.15) is 5.43 Å². The van der Waals surface area contributed by atoms with Gasteiger partial charge >= 0.3 is 12.0 Å². The molecule has 68 heavy (non-hydrogen) atoms. The van der Waals surface area contributed by atoms with Crippen LogP contribution in [0, 0.1) is 11.3 Å². The van der Waals surface area contributed by atoms with Crippen LogP contribution in [0.5, 0.6) is 0 Å². The Balaban J connectivity index is 1.28. The number of hydrogen-bond donors (Lipinski definition) is 3. The highest BCUT2D eigenvalue weighted by molar-refractivity contribution is 7.10. The SMILES string of the molecule is C=CC(=O)N1C[C@@H]2C[C@H]1CN2C(=O)N(C)[C@H](C(=O)N[C@H]1Cc2nc(cs2)-c2ccc3c(c2)c(c(/C(C=C)=C(/N=C\C)[C@H](C)OC)n3CC)CC(C)(C)COC(=O)[C@@]2(O)CCCN(N2)C1=O)C(C)C. The van der Waals surface area contributed by atoms with Gasteiger partial charge in [-0.15, -0.1) is 11.3 Å². The van der Waals surface area contributed by atoms with Crippen LogP contribution in [0.1, 0.15) is 84.0 Å². The maximum Gasteiger partial charge on any atom is 0.355 e. The van der Waals surface area contributed by atoms with Gasteiger partial charge in [0.05, 0.1) is 46.9 Å². The summed E-state index contributed by atoms with van der Waals surface area (Å²) >= 11 is 1.35. The number of nitrogens with one attached hydrogen (secondary N) is 2. The van der Waals surface area contributed by atoms with Crippen molar-refractivity contribution in [3.05, 3.63) is 70.9 Å². The van der Waals surface area contributed by atoms with Crippen LogP contribution in [0.15, 0.2) is 59.6 Å². The standard InChI is InChI=1S/C50H67N9O8S/c1-12-34(42(51-14-3)30(7)66-11)44-36-24-49(8,9)28-67-47(63)50(65)19-16-20-59(54-50)46(62)37(23-40-52-38(27-68-40)31-17-18-39(35(36)21-31)56(44)15-4)53-45(61)43(29(5)6)55(10)48(64)58-26-32-22-33(58)25-57(32)41(60)13-2/h12-14,17-18,21,27,29-30,32-33,37,43,54,65H,1-2,15-16,19-20,22-26,28H2,3-11H3,(H,53,61)/b42-34+,51-14-/t30-,32-,33-,37-,43-,50-/m0/s1. The first kappa shape index (κ1) is 50.2. The number of aliphatic imine (C=N–C) groups is 1. The topological polar surface area (TPSA) is 191 Å². The van der Waals surface area contributed by atoms with Crippen LogP contribution in [0.2, 0.25) is 0 Å². The fraction of sp³-hybridized carbons (Fsp3) is 0.540. The first-order valence-electron chi connectivity index (χ1n) is 23.5. The molecule has 18 heteroatoms. The van der Waals surface area contributed by atoms with Crippen molar-refractivity contribution in [3.8, 4) is 11.3 Å². The van der Waals surface area contributed by atoms with Gasteiger partial charge in [0.25, 0.3) is 5.91 Å². The van der Waals surface area contributed by atoms with E-state index in [1.807, 2.05) is 59.1 Å². The third-order valence-corrected chi connectivity index (χ3v) is 14.6. The molecule has 366 valence electrons. The normalized spacial score (nSPS) is 24.2. The number of amides is 5. The van der Waals surface area contributed by atoms with E-state index in [0.717, 1.165) is 33.3 Å². The van der Waals surface area contributed by atoms with E-state index >= 15 is 0 Å². The van der Waals surface area contributed by atoms with Gasteiger partial charge in [0.1, 0.15) is 12.1 Å². The monoisotopic (exact) mass is 953 g/mol. The third-order valence-electron chi connectivity index (χ3n) is 13.7. The first-order valence-corrected chi connectivity index (χ1v) is 24.4. The number of piperazine rings is 1. The molecule has 4 aliphatic rings. The number of carbonyl (C=O) groups excluding carboxylic acids is 5. The fourth-order valence-corrected chi connectivity index (χ4v) is 11.2. The first-order chi connectivity index (χ1) is 32.3. The number of likely N-dealkylation sites (tertiary alicyclic amines) is 2. The van der Waals surface area contributed by atoms with E-state index in [2.05, 4.69) is 47.5 Å². The predicted molar refractivity (Wildman–Crippen MR) is 262 cm³/mol. The number of methoxy groups -OCH3 is 1. The minimum Gasteiger partial charge on any atom is -0.462 e. The fourth-order valence-electron chi connectivity index (χ4n) is 10.3. The highest BCUT2D eigenvalue weighted by Crippen LogP contribution is 2.41. The van der Waals surface area contributed by atoms with Gasteiger partial charge in [-0.1, -0.05) is 53.0 Å². The number of hydrazine groups is 1. The highest BCUT2D eigenvalue weighted by Gasteiger charge is 2.49. The lowest BCUT2D eigenvalue weighted by atomic mass is 9.84. The summed E-state index contributed by atoms with van der Waals surface area (Å²) in [6.07, 6.45) is 5.79. The van der Waals surface area contributed by atoms with Gasteiger partial charge in [0, 0.05) is 92.2 Å². The predicted octanol–water partition coefficient (Wildman–Crippen LogP) is 5.32. The van der Waals surface area contributed by atoms with Crippen LogP contribution >= 0.6 is 11.3 Å². The van der Waals surface area contributed by atoms with Crippen LogP contribution in [-0.4, -0.2) is 147 Å². The van der Waals surface area contributed by atoms with Crippen molar-refractivity contribution in [1.29, 1.82) is 0 Å². The van der Waals surface area contributed by atoms with Crippen LogP contribution in [-0.2, 0) is 48.0 Å². The lowest BCUT2D eigenvalue weighted by Crippen LogP contribution is -2.67. The number of benzene rings is 1. The van der Waals surface area contributed by atoms with E-state index < -0.39 is 41.0 Å². The zero-order valence-electron chi connectivity index (χ0n) is 40.8. The summed E-state index contributed by atoms with van der Waals surface area (Å²) in [5, 5.41) is 19.5.